The maximum atomic E-state index is 13.2. The molecule has 0 bridgehead atoms. The Balaban J connectivity index is 4.04. The smallest absolute Gasteiger partial charge is 0.257 e. The fraction of sp³-hybridized carbons (Fsp3) is 0.917. The molecule has 0 aromatic rings. The van der Waals surface area contributed by atoms with Crippen LogP contribution in [0, 0.1) is 5.92 Å². The van der Waals surface area contributed by atoms with Crippen molar-refractivity contribution in [2.75, 3.05) is 6.54 Å². The number of nitrogens with one attached hydrogen (secondary N) is 1. The Morgan fingerprint density at radius 2 is 1.88 bits per heavy atom. The largest absolute Gasteiger partial charge is 0.388 e. The molecule has 0 aliphatic heterocycles. The van der Waals surface area contributed by atoms with Gasteiger partial charge in [0.05, 0.1) is 5.60 Å². The number of halogens is 1. The highest BCUT2D eigenvalue weighted by Crippen LogP contribution is 2.16. The van der Waals surface area contributed by atoms with Crippen LogP contribution in [0.3, 0.4) is 0 Å². The molecule has 16 heavy (non-hydrogen) atoms. The number of aliphatic hydroxyl groups is 1. The molecule has 0 aliphatic rings. The van der Waals surface area contributed by atoms with Crippen LogP contribution < -0.4 is 5.32 Å². The second-order valence-corrected chi connectivity index (χ2v) is 5.58. The van der Waals surface area contributed by atoms with Crippen LogP contribution in [0.1, 0.15) is 47.5 Å². The van der Waals surface area contributed by atoms with E-state index < -0.39 is 17.2 Å². The molecule has 1 amide bonds. The molecule has 1 unspecified atom stereocenters. The first-order valence-corrected chi connectivity index (χ1v) is 5.74. The summed E-state index contributed by atoms with van der Waals surface area (Å²) in [6, 6.07) is 0. The monoisotopic (exact) mass is 233 g/mol. The van der Waals surface area contributed by atoms with E-state index in [1.54, 1.807) is 6.92 Å². The molecule has 0 radical (unpaired) electrons. The highest BCUT2D eigenvalue weighted by atomic mass is 19.1. The number of carbonyl (C=O) groups excluding carboxylic acids is 1. The first-order valence-electron chi connectivity index (χ1n) is 5.74. The van der Waals surface area contributed by atoms with Crippen LogP contribution in [0.15, 0.2) is 0 Å². The van der Waals surface area contributed by atoms with Crippen LogP contribution in [0.5, 0.6) is 0 Å². The summed E-state index contributed by atoms with van der Waals surface area (Å²) in [6.07, 6.45) is 1.47. The Morgan fingerprint density at radius 1 is 1.38 bits per heavy atom. The SMILES string of the molecule is CC(C)CCC(C)(O)CNC(=O)C(C)(C)F. The van der Waals surface area contributed by atoms with Gasteiger partial charge in [-0.1, -0.05) is 13.8 Å². The Hall–Kier alpha value is -0.640. The molecule has 0 saturated carbocycles. The molecule has 1 atom stereocenters. The van der Waals surface area contributed by atoms with E-state index in [9.17, 15) is 14.3 Å². The third-order valence-electron chi connectivity index (χ3n) is 2.43. The van der Waals surface area contributed by atoms with Gasteiger partial charge < -0.3 is 10.4 Å². The van der Waals surface area contributed by atoms with Gasteiger partial charge >= 0.3 is 0 Å². The molecule has 0 heterocycles. The average Bonchev–Trinajstić information content (AvgIpc) is 2.10. The van der Waals surface area contributed by atoms with Gasteiger partial charge in [-0.2, -0.15) is 0 Å². The summed E-state index contributed by atoms with van der Waals surface area (Å²) < 4.78 is 13.2. The minimum Gasteiger partial charge on any atom is -0.388 e. The van der Waals surface area contributed by atoms with Gasteiger partial charge in [0.2, 0.25) is 0 Å². The first-order chi connectivity index (χ1) is 7.04. The second kappa shape index (κ2) is 5.62. The van der Waals surface area contributed by atoms with Crippen molar-refractivity contribution in [2.24, 2.45) is 5.92 Å². The van der Waals surface area contributed by atoms with Crippen LogP contribution in [0.2, 0.25) is 0 Å². The Bertz CT molecular complexity index is 232. The average molecular weight is 233 g/mol. The molecule has 0 rings (SSSR count). The van der Waals surface area contributed by atoms with Crippen molar-refractivity contribution in [3.05, 3.63) is 0 Å². The molecule has 0 aromatic carbocycles. The lowest BCUT2D eigenvalue weighted by Gasteiger charge is -2.26. The Labute approximate surface area is 97.4 Å². The third kappa shape index (κ3) is 6.77. The van der Waals surface area contributed by atoms with Crippen LogP contribution in [0.4, 0.5) is 4.39 Å². The number of rotatable bonds is 6. The fourth-order valence-electron chi connectivity index (χ4n) is 1.17. The highest BCUT2D eigenvalue weighted by molar-refractivity contribution is 5.84. The summed E-state index contributed by atoms with van der Waals surface area (Å²) in [4.78, 5) is 11.3. The predicted octanol–water partition coefficient (Wildman–Crippen LogP) is 2.04. The maximum Gasteiger partial charge on any atom is 0.257 e. The Morgan fingerprint density at radius 3 is 2.25 bits per heavy atom. The molecule has 0 spiro atoms. The minimum absolute atomic E-state index is 0.0892. The predicted molar refractivity (Wildman–Crippen MR) is 62.9 cm³/mol. The van der Waals surface area contributed by atoms with E-state index in [0.29, 0.717) is 12.3 Å². The van der Waals surface area contributed by atoms with Gasteiger partial charge in [0, 0.05) is 6.54 Å². The van der Waals surface area contributed by atoms with Gasteiger partial charge in [-0.3, -0.25) is 4.79 Å². The van der Waals surface area contributed by atoms with Crippen molar-refractivity contribution in [1.29, 1.82) is 0 Å². The van der Waals surface area contributed by atoms with Crippen LogP contribution in [0.25, 0.3) is 0 Å². The number of hydrogen-bond donors (Lipinski definition) is 2. The standard InChI is InChI=1S/C12H24FNO2/c1-9(2)6-7-12(5,16)8-14-10(15)11(3,4)13/h9,16H,6-8H2,1-5H3,(H,14,15). The lowest BCUT2D eigenvalue weighted by Crippen LogP contribution is -2.46. The third-order valence-corrected chi connectivity index (χ3v) is 2.43. The normalized spacial score (nSPS) is 16.0. The van der Waals surface area contributed by atoms with E-state index in [1.165, 1.54) is 13.8 Å². The zero-order valence-corrected chi connectivity index (χ0v) is 10.9. The van der Waals surface area contributed by atoms with Crippen molar-refractivity contribution >= 4 is 5.91 Å². The molecular weight excluding hydrogens is 209 g/mol. The molecule has 0 saturated heterocycles. The second-order valence-electron chi connectivity index (χ2n) is 5.58. The van der Waals surface area contributed by atoms with Gasteiger partial charge in [-0.25, -0.2) is 4.39 Å². The molecule has 2 N–H and O–H groups in total. The van der Waals surface area contributed by atoms with Gasteiger partial charge in [0.15, 0.2) is 5.67 Å². The molecule has 3 nitrogen and oxygen atoms in total. The quantitative estimate of drug-likeness (QED) is 0.737. The first kappa shape index (κ1) is 15.4. The summed E-state index contributed by atoms with van der Waals surface area (Å²) in [5, 5.41) is 12.4. The topological polar surface area (TPSA) is 49.3 Å². The minimum atomic E-state index is -1.89. The summed E-state index contributed by atoms with van der Waals surface area (Å²) >= 11 is 0. The summed E-state index contributed by atoms with van der Waals surface area (Å²) in [6.45, 7) is 8.28. The number of carbonyl (C=O) groups is 1. The molecule has 0 fully saturated rings. The summed E-state index contributed by atoms with van der Waals surface area (Å²) in [7, 11) is 0. The van der Waals surface area contributed by atoms with Gasteiger partial charge in [0.25, 0.3) is 5.91 Å². The van der Waals surface area contributed by atoms with E-state index in [0.717, 1.165) is 6.42 Å². The maximum absolute atomic E-state index is 13.2. The lowest BCUT2D eigenvalue weighted by atomic mass is 9.95. The number of hydrogen-bond acceptors (Lipinski definition) is 2. The highest BCUT2D eigenvalue weighted by Gasteiger charge is 2.29. The van der Waals surface area contributed by atoms with E-state index in [-0.39, 0.29) is 6.54 Å². The van der Waals surface area contributed by atoms with Crippen molar-refractivity contribution in [1.82, 2.24) is 5.32 Å². The summed E-state index contributed by atoms with van der Waals surface area (Å²) in [5.41, 5.74) is -2.86. The van der Waals surface area contributed by atoms with Crippen LogP contribution in [-0.4, -0.2) is 28.8 Å². The van der Waals surface area contributed by atoms with Gasteiger partial charge in [-0.15, -0.1) is 0 Å². The number of alkyl halides is 1. The lowest BCUT2D eigenvalue weighted by molar-refractivity contribution is -0.132. The Kier molecular flexibility index (Phi) is 5.39. The van der Waals surface area contributed by atoms with Crippen molar-refractivity contribution < 1.29 is 14.3 Å². The molecule has 4 heteroatoms. The molecule has 0 aliphatic carbocycles. The van der Waals surface area contributed by atoms with E-state index in [1.807, 2.05) is 0 Å². The van der Waals surface area contributed by atoms with Gasteiger partial charge in [-0.05, 0) is 39.5 Å². The van der Waals surface area contributed by atoms with E-state index in [4.69, 9.17) is 0 Å². The van der Waals surface area contributed by atoms with Crippen LogP contribution in [-0.2, 0) is 4.79 Å². The molecule has 0 aromatic heterocycles. The zero-order chi connectivity index (χ0) is 13.0. The van der Waals surface area contributed by atoms with Gasteiger partial charge in [0.1, 0.15) is 0 Å². The van der Waals surface area contributed by atoms with Crippen LogP contribution >= 0.6 is 0 Å². The van der Waals surface area contributed by atoms with Crippen molar-refractivity contribution in [3.63, 3.8) is 0 Å². The van der Waals surface area contributed by atoms with E-state index >= 15 is 0 Å². The van der Waals surface area contributed by atoms with E-state index in [2.05, 4.69) is 19.2 Å². The zero-order valence-electron chi connectivity index (χ0n) is 10.9. The fourth-order valence-corrected chi connectivity index (χ4v) is 1.17. The van der Waals surface area contributed by atoms with Crippen molar-refractivity contribution in [3.8, 4) is 0 Å². The van der Waals surface area contributed by atoms with Crippen molar-refractivity contribution in [2.45, 2.75) is 58.7 Å². The number of amides is 1. The molecule has 96 valence electrons. The summed E-state index contributed by atoms with van der Waals surface area (Å²) in [5.74, 6) is -0.183. The molecular formula is C12H24FNO2.